The fourth-order valence-electron chi connectivity index (χ4n) is 2.69. The molecule has 2 aliphatic rings. The number of ether oxygens (including phenoxy) is 1. The van der Waals surface area contributed by atoms with E-state index in [4.69, 9.17) is 4.74 Å². The molecule has 1 saturated carbocycles. The molecule has 1 aromatic heterocycles. The third-order valence-corrected chi connectivity index (χ3v) is 3.65. The molecule has 1 aromatic rings. The second-order valence-electron chi connectivity index (χ2n) is 4.46. The lowest BCUT2D eigenvalue weighted by atomic mass is 9.97. The summed E-state index contributed by atoms with van der Waals surface area (Å²) in [5.74, 6) is 0.272. The minimum atomic E-state index is -0.345. The average molecular weight is 219 g/mol. The molecule has 1 aliphatic carbocycles. The van der Waals surface area contributed by atoms with Crippen LogP contribution in [0.25, 0.3) is 0 Å². The topological polar surface area (TPSA) is 64.1 Å². The maximum absolute atomic E-state index is 11.6. The summed E-state index contributed by atoms with van der Waals surface area (Å²) in [6.45, 7) is 1.92. The first kappa shape index (κ1) is 9.72. The molecule has 1 saturated heterocycles. The number of piperidine rings is 1. The Kier molecular flexibility index (Phi) is 1.97. The third kappa shape index (κ3) is 1.18. The van der Waals surface area contributed by atoms with Crippen molar-refractivity contribution in [2.45, 2.75) is 11.8 Å². The van der Waals surface area contributed by atoms with E-state index in [1.54, 1.807) is 6.20 Å². The predicted octanol–water partition coefficient (Wildman–Crippen LogP) is 0.124. The predicted molar refractivity (Wildman–Crippen MR) is 56.0 cm³/mol. The minimum Gasteiger partial charge on any atom is -0.465 e. The van der Waals surface area contributed by atoms with Gasteiger partial charge in [-0.15, -0.1) is 0 Å². The molecule has 2 unspecified atom stereocenters. The summed E-state index contributed by atoms with van der Waals surface area (Å²) in [7, 11) is 1.38. The molecule has 5 nitrogen and oxygen atoms in total. The summed E-state index contributed by atoms with van der Waals surface area (Å²) in [5.41, 5.74) is 1.42. The number of hydrogen-bond acceptors (Lipinski definition) is 5. The molecule has 84 valence electrons. The van der Waals surface area contributed by atoms with Crippen LogP contribution in [0.5, 0.6) is 0 Å². The Bertz CT molecular complexity index is 449. The number of fused-ring (bicyclic) bond motifs is 1. The zero-order valence-corrected chi connectivity index (χ0v) is 9.06. The maximum atomic E-state index is 11.6. The molecule has 1 aliphatic heterocycles. The van der Waals surface area contributed by atoms with E-state index in [9.17, 15) is 4.79 Å². The van der Waals surface area contributed by atoms with Gasteiger partial charge in [-0.3, -0.25) is 0 Å². The average Bonchev–Trinajstić information content (AvgIpc) is 2.91. The van der Waals surface area contributed by atoms with Crippen molar-refractivity contribution in [3.8, 4) is 0 Å². The molecule has 1 N–H and O–H groups in total. The quantitative estimate of drug-likeness (QED) is 0.716. The van der Waals surface area contributed by atoms with Crippen LogP contribution in [0.3, 0.4) is 0 Å². The second kappa shape index (κ2) is 3.25. The van der Waals surface area contributed by atoms with Gasteiger partial charge in [-0.25, -0.2) is 14.8 Å². The maximum Gasteiger partial charge on any atom is 0.341 e. The van der Waals surface area contributed by atoms with Gasteiger partial charge in [0.15, 0.2) is 0 Å². The number of carbonyl (C=O) groups is 1. The van der Waals surface area contributed by atoms with Gasteiger partial charge in [-0.1, -0.05) is 0 Å². The van der Waals surface area contributed by atoms with Gasteiger partial charge in [-0.05, 0) is 18.9 Å². The summed E-state index contributed by atoms with van der Waals surface area (Å²) in [6.07, 6.45) is 4.17. The number of nitrogens with zero attached hydrogens (tertiary/aromatic N) is 2. The number of methoxy groups -OCH3 is 1. The molecule has 5 heteroatoms. The normalized spacial score (nSPS) is 30.9. The minimum absolute atomic E-state index is 0.0620. The monoisotopic (exact) mass is 219 g/mol. The highest BCUT2D eigenvalue weighted by Crippen LogP contribution is 2.56. The molecule has 0 bridgehead atoms. The largest absolute Gasteiger partial charge is 0.465 e. The van der Waals surface area contributed by atoms with Crippen molar-refractivity contribution in [2.24, 2.45) is 5.92 Å². The molecule has 2 heterocycles. The Labute approximate surface area is 93.2 Å². The van der Waals surface area contributed by atoms with E-state index in [0.717, 1.165) is 25.2 Å². The van der Waals surface area contributed by atoms with Crippen LogP contribution in [0.1, 0.15) is 22.5 Å². The van der Waals surface area contributed by atoms with Crippen LogP contribution in [-0.2, 0) is 10.2 Å². The van der Waals surface area contributed by atoms with Crippen LogP contribution in [0, 0.1) is 5.92 Å². The van der Waals surface area contributed by atoms with Crippen LogP contribution < -0.4 is 5.32 Å². The zero-order chi connectivity index (χ0) is 11.2. The van der Waals surface area contributed by atoms with E-state index in [1.165, 1.54) is 13.4 Å². The lowest BCUT2D eigenvalue weighted by molar-refractivity contribution is 0.0597. The molecule has 16 heavy (non-hydrogen) atoms. The lowest BCUT2D eigenvalue weighted by Crippen LogP contribution is -2.23. The Morgan fingerprint density at radius 3 is 3.19 bits per heavy atom. The van der Waals surface area contributed by atoms with E-state index in [0.29, 0.717) is 11.5 Å². The molecular formula is C11H13N3O2. The first-order valence-corrected chi connectivity index (χ1v) is 5.37. The van der Waals surface area contributed by atoms with Gasteiger partial charge in [-0.2, -0.15) is 0 Å². The molecule has 3 rings (SSSR count). The van der Waals surface area contributed by atoms with Crippen molar-refractivity contribution in [1.82, 2.24) is 15.3 Å². The fraction of sp³-hybridized carbons (Fsp3) is 0.545. The van der Waals surface area contributed by atoms with Gasteiger partial charge in [0.25, 0.3) is 0 Å². The standard InChI is InChI=1S/C11H13N3O2/c1-16-10(15)8-4-13-6-14-9(8)11-2-7(11)3-12-5-11/h4,6-7,12H,2-3,5H2,1H3. The molecule has 0 aromatic carbocycles. The molecule has 2 atom stereocenters. The molecule has 0 spiro atoms. The number of rotatable bonds is 2. The van der Waals surface area contributed by atoms with E-state index in [1.807, 2.05) is 0 Å². The second-order valence-corrected chi connectivity index (χ2v) is 4.46. The smallest absolute Gasteiger partial charge is 0.341 e. The number of esters is 1. The number of nitrogens with one attached hydrogen (secondary N) is 1. The van der Waals surface area contributed by atoms with E-state index >= 15 is 0 Å². The molecular weight excluding hydrogens is 206 g/mol. The van der Waals surface area contributed by atoms with Gasteiger partial charge in [0, 0.05) is 18.2 Å². The molecule has 0 radical (unpaired) electrons. The molecule has 2 fully saturated rings. The summed E-state index contributed by atoms with van der Waals surface area (Å²) in [4.78, 5) is 19.8. The Balaban J connectivity index is 2.04. The SMILES string of the molecule is COC(=O)c1cncnc1C12CNCC1C2. The van der Waals surface area contributed by atoms with Gasteiger partial charge in [0.05, 0.1) is 12.8 Å². The highest BCUT2D eigenvalue weighted by Gasteiger charge is 2.60. The highest BCUT2D eigenvalue weighted by atomic mass is 16.5. The van der Waals surface area contributed by atoms with E-state index < -0.39 is 0 Å². The van der Waals surface area contributed by atoms with Gasteiger partial charge >= 0.3 is 5.97 Å². The van der Waals surface area contributed by atoms with Gasteiger partial charge in [0.2, 0.25) is 0 Å². The van der Waals surface area contributed by atoms with Crippen LogP contribution in [-0.4, -0.2) is 36.1 Å². The number of hydrogen-bond donors (Lipinski definition) is 1. The number of carbonyl (C=O) groups excluding carboxylic acids is 1. The van der Waals surface area contributed by atoms with Crippen molar-refractivity contribution >= 4 is 5.97 Å². The molecule has 0 amide bonds. The van der Waals surface area contributed by atoms with Crippen molar-refractivity contribution in [1.29, 1.82) is 0 Å². The summed E-state index contributed by atoms with van der Waals surface area (Å²) < 4.78 is 4.76. The summed E-state index contributed by atoms with van der Waals surface area (Å²) in [6, 6.07) is 0. The first-order chi connectivity index (χ1) is 7.78. The Morgan fingerprint density at radius 1 is 1.69 bits per heavy atom. The lowest BCUT2D eigenvalue weighted by Gasteiger charge is -2.13. The van der Waals surface area contributed by atoms with E-state index in [2.05, 4.69) is 15.3 Å². The van der Waals surface area contributed by atoms with Crippen molar-refractivity contribution in [3.63, 3.8) is 0 Å². The van der Waals surface area contributed by atoms with Crippen molar-refractivity contribution in [2.75, 3.05) is 20.2 Å². The third-order valence-electron chi connectivity index (χ3n) is 3.65. The summed E-state index contributed by atoms with van der Waals surface area (Å²) >= 11 is 0. The zero-order valence-electron chi connectivity index (χ0n) is 9.06. The van der Waals surface area contributed by atoms with Crippen LogP contribution in [0.15, 0.2) is 12.5 Å². The van der Waals surface area contributed by atoms with Gasteiger partial charge < -0.3 is 10.1 Å². The first-order valence-electron chi connectivity index (χ1n) is 5.37. The van der Waals surface area contributed by atoms with E-state index in [-0.39, 0.29) is 11.4 Å². The summed E-state index contributed by atoms with van der Waals surface area (Å²) in [5, 5.41) is 3.33. The van der Waals surface area contributed by atoms with Crippen LogP contribution in [0.2, 0.25) is 0 Å². The number of aromatic nitrogens is 2. The van der Waals surface area contributed by atoms with Gasteiger partial charge in [0.1, 0.15) is 11.9 Å². The Hall–Kier alpha value is -1.49. The van der Waals surface area contributed by atoms with Crippen LogP contribution >= 0.6 is 0 Å². The van der Waals surface area contributed by atoms with Crippen molar-refractivity contribution in [3.05, 3.63) is 23.8 Å². The Morgan fingerprint density at radius 2 is 2.56 bits per heavy atom. The van der Waals surface area contributed by atoms with Crippen LogP contribution in [0.4, 0.5) is 0 Å². The van der Waals surface area contributed by atoms with Crippen molar-refractivity contribution < 1.29 is 9.53 Å². The highest BCUT2D eigenvalue weighted by molar-refractivity contribution is 5.90. The fourth-order valence-corrected chi connectivity index (χ4v) is 2.69.